The SMILES string of the molecule is CC(C)N1CCN(c2ccc(C(=O)Nc3n[nH]c4c3CN(C)C4)cc2)CC1. The highest BCUT2D eigenvalue weighted by Crippen LogP contribution is 2.26. The topological polar surface area (TPSA) is 67.5 Å². The Balaban J connectivity index is 1.39. The van der Waals surface area contributed by atoms with Crippen molar-refractivity contribution in [2.45, 2.75) is 33.0 Å². The molecule has 2 aliphatic rings. The normalized spacial score (nSPS) is 18.1. The van der Waals surface area contributed by atoms with Gasteiger partial charge >= 0.3 is 0 Å². The largest absolute Gasteiger partial charge is 0.369 e. The molecule has 1 saturated heterocycles. The first-order valence-electron chi connectivity index (χ1n) is 9.66. The highest BCUT2D eigenvalue weighted by Gasteiger charge is 2.24. The first-order chi connectivity index (χ1) is 13.0. The second kappa shape index (κ2) is 7.32. The van der Waals surface area contributed by atoms with Crippen LogP contribution >= 0.6 is 0 Å². The fourth-order valence-electron chi connectivity index (χ4n) is 3.90. The first-order valence-corrected chi connectivity index (χ1v) is 9.66. The smallest absolute Gasteiger partial charge is 0.256 e. The molecule has 7 heteroatoms. The molecule has 0 radical (unpaired) electrons. The van der Waals surface area contributed by atoms with E-state index in [9.17, 15) is 4.79 Å². The van der Waals surface area contributed by atoms with Crippen LogP contribution in [0.25, 0.3) is 0 Å². The minimum Gasteiger partial charge on any atom is -0.369 e. The molecule has 2 aliphatic heterocycles. The molecule has 1 amide bonds. The number of nitrogens with zero attached hydrogens (tertiary/aromatic N) is 4. The van der Waals surface area contributed by atoms with Crippen molar-refractivity contribution < 1.29 is 4.79 Å². The summed E-state index contributed by atoms with van der Waals surface area (Å²) in [6.07, 6.45) is 0. The van der Waals surface area contributed by atoms with Gasteiger partial charge in [0.05, 0.1) is 5.69 Å². The number of benzene rings is 1. The van der Waals surface area contributed by atoms with Crippen molar-refractivity contribution in [1.82, 2.24) is 20.0 Å². The summed E-state index contributed by atoms with van der Waals surface area (Å²) in [5.41, 5.74) is 4.01. The van der Waals surface area contributed by atoms with Crippen LogP contribution in [0.1, 0.15) is 35.5 Å². The molecule has 0 atom stereocenters. The lowest BCUT2D eigenvalue weighted by Crippen LogP contribution is -2.48. The Bertz CT molecular complexity index is 804. The van der Waals surface area contributed by atoms with Gasteiger partial charge in [-0.25, -0.2) is 0 Å². The number of fused-ring (bicyclic) bond motifs is 1. The molecule has 0 spiro atoms. The van der Waals surface area contributed by atoms with E-state index in [0.717, 1.165) is 50.5 Å². The summed E-state index contributed by atoms with van der Waals surface area (Å²) in [7, 11) is 2.05. The van der Waals surface area contributed by atoms with E-state index in [0.29, 0.717) is 17.4 Å². The van der Waals surface area contributed by atoms with Gasteiger partial charge in [-0.3, -0.25) is 19.7 Å². The van der Waals surface area contributed by atoms with Crippen LogP contribution in [-0.2, 0) is 13.1 Å². The number of aromatic amines is 1. The monoisotopic (exact) mass is 368 g/mol. The van der Waals surface area contributed by atoms with Crippen LogP contribution in [0.2, 0.25) is 0 Å². The molecule has 0 unspecified atom stereocenters. The van der Waals surface area contributed by atoms with Crippen LogP contribution in [0.3, 0.4) is 0 Å². The molecule has 1 aromatic carbocycles. The van der Waals surface area contributed by atoms with Crippen molar-refractivity contribution >= 4 is 17.4 Å². The summed E-state index contributed by atoms with van der Waals surface area (Å²) < 4.78 is 0. The average Bonchev–Trinajstić information content (AvgIpc) is 3.22. The molecule has 3 heterocycles. The standard InChI is InChI=1S/C20H28N6O/c1-14(2)25-8-10-26(11-9-25)16-6-4-15(5-7-16)20(27)21-19-17-12-24(3)13-18(17)22-23-19/h4-7,14H,8-13H2,1-3H3,(H2,21,22,23,27). The Hall–Kier alpha value is -2.38. The lowest BCUT2D eigenvalue weighted by molar-refractivity contribution is 0.102. The third-order valence-corrected chi connectivity index (χ3v) is 5.58. The first kappa shape index (κ1) is 18.0. The molecule has 0 bridgehead atoms. The zero-order valence-electron chi connectivity index (χ0n) is 16.3. The van der Waals surface area contributed by atoms with Gasteiger partial charge in [-0.05, 0) is 45.2 Å². The van der Waals surface area contributed by atoms with Crippen LogP contribution < -0.4 is 10.2 Å². The predicted molar refractivity (Wildman–Crippen MR) is 107 cm³/mol. The van der Waals surface area contributed by atoms with E-state index in [-0.39, 0.29) is 5.91 Å². The number of anilines is 2. The van der Waals surface area contributed by atoms with E-state index < -0.39 is 0 Å². The molecular formula is C20H28N6O. The summed E-state index contributed by atoms with van der Waals surface area (Å²) in [5.74, 6) is 0.531. The second-order valence-corrected chi connectivity index (χ2v) is 7.82. The Morgan fingerprint density at radius 1 is 1.11 bits per heavy atom. The number of rotatable bonds is 4. The minimum atomic E-state index is -0.116. The van der Waals surface area contributed by atoms with Gasteiger partial charge in [-0.15, -0.1) is 0 Å². The third-order valence-electron chi connectivity index (χ3n) is 5.58. The number of nitrogens with one attached hydrogen (secondary N) is 2. The molecule has 1 aromatic heterocycles. The van der Waals surface area contributed by atoms with E-state index in [1.165, 1.54) is 5.69 Å². The van der Waals surface area contributed by atoms with Crippen molar-refractivity contribution in [2.24, 2.45) is 0 Å². The number of hydrogen-bond donors (Lipinski definition) is 2. The van der Waals surface area contributed by atoms with Gasteiger partial charge in [0.2, 0.25) is 0 Å². The van der Waals surface area contributed by atoms with E-state index in [2.05, 4.69) is 51.1 Å². The van der Waals surface area contributed by atoms with Gasteiger partial charge in [-0.2, -0.15) is 5.10 Å². The second-order valence-electron chi connectivity index (χ2n) is 7.82. The Morgan fingerprint density at radius 3 is 2.48 bits per heavy atom. The predicted octanol–water partition coefficient (Wildman–Crippen LogP) is 2.14. The molecule has 0 aliphatic carbocycles. The molecule has 7 nitrogen and oxygen atoms in total. The summed E-state index contributed by atoms with van der Waals surface area (Å²) in [4.78, 5) is 19.7. The van der Waals surface area contributed by atoms with Crippen LogP contribution in [0.4, 0.5) is 11.5 Å². The number of carbonyl (C=O) groups excluding carboxylic acids is 1. The number of H-pyrrole nitrogens is 1. The maximum atomic E-state index is 12.6. The van der Waals surface area contributed by atoms with Gasteiger partial charge in [0.25, 0.3) is 5.91 Å². The van der Waals surface area contributed by atoms with E-state index in [4.69, 9.17) is 0 Å². The highest BCUT2D eigenvalue weighted by molar-refractivity contribution is 6.04. The molecule has 1 fully saturated rings. The Kier molecular flexibility index (Phi) is 4.88. The lowest BCUT2D eigenvalue weighted by Gasteiger charge is -2.38. The Labute approximate surface area is 160 Å². The zero-order valence-corrected chi connectivity index (χ0v) is 16.3. The van der Waals surface area contributed by atoms with Gasteiger partial charge in [-0.1, -0.05) is 0 Å². The number of piperazine rings is 1. The highest BCUT2D eigenvalue weighted by atomic mass is 16.1. The van der Waals surface area contributed by atoms with Crippen LogP contribution in [0, 0.1) is 0 Å². The summed E-state index contributed by atoms with van der Waals surface area (Å²) in [5, 5.41) is 10.2. The van der Waals surface area contributed by atoms with Crippen LogP contribution in [0.15, 0.2) is 24.3 Å². The third kappa shape index (κ3) is 3.70. The van der Waals surface area contributed by atoms with Crippen LogP contribution in [-0.4, -0.2) is 65.2 Å². The van der Waals surface area contributed by atoms with E-state index in [1.807, 2.05) is 24.3 Å². The minimum absolute atomic E-state index is 0.116. The van der Waals surface area contributed by atoms with Crippen molar-refractivity contribution in [3.05, 3.63) is 41.1 Å². The van der Waals surface area contributed by atoms with Gasteiger partial charge < -0.3 is 10.2 Å². The molecular weight excluding hydrogens is 340 g/mol. The maximum Gasteiger partial charge on any atom is 0.256 e. The van der Waals surface area contributed by atoms with Crippen molar-refractivity contribution in [1.29, 1.82) is 0 Å². The van der Waals surface area contributed by atoms with Crippen LogP contribution in [0.5, 0.6) is 0 Å². The van der Waals surface area contributed by atoms with Gasteiger partial charge in [0.15, 0.2) is 5.82 Å². The zero-order chi connectivity index (χ0) is 19.0. The van der Waals surface area contributed by atoms with Gasteiger partial charge in [0.1, 0.15) is 0 Å². The van der Waals surface area contributed by atoms with E-state index >= 15 is 0 Å². The fraction of sp³-hybridized carbons (Fsp3) is 0.500. The maximum absolute atomic E-state index is 12.6. The van der Waals surface area contributed by atoms with Gasteiger partial charge in [0, 0.05) is 62.1 Å². The lowest BCUT2D eigenvalue weighted by atomic mass is 10.1. The summed E-state index contributed by atoms with van der Waals surface area (Å²) >= 11 is 0. The van der Waals surface area contributed by atoms with Crippen molar-refractivity contribution in [3.8, 4) is 0 Å². The molecule has 4 rings (SSSR count). The molecule has 27 heavy (non-hydrogen) atoms. The average molecular weight is 368 g/mol. The Morgan fingerprint density at radius 2 is 1.81 bits per heavy atom. The van der Waals surface area contributed by atoms with Crippen molar-refractivity contribution in [2.75, 3.05) is 43.4 Å². The molecule has 0 saturated carbocycles. The number of carbonyl (C=O) groups is 1. The van der Waals surface area contributed by atoms with Crippen molar-refractivity contribution in [3.63, 3.8) is 0 Å². The molecule has 144 valence electrons. The summed E-state index contributed by atoms with van der Waals surface area (Å²) in [6.45, 7) is 10.4. The quantitative estimate of drug-likeness (QED) is 0.865. The molecule has 2 N–H and O–H groups in total. The summed E-state index contributed by atoms with van der Waals surface area (Å²) in [6, 6.07) is 8.49. The molecule has 2 aromatic rings. The fourth-order valence-corrected chi connectivity index (χ4v) is 3.90. The number of amides is 1. The van der Waals surface area contributed by atoms with E-state index in [1.54, 1.807) is 0 Å². The number of hydrogen-bond acceptors (Lipinski definition) is 5. The number of aromatic nitrogens is 2.